The maximum atomic E-state index is 14.6. The summed E-state index contributed by atoms with van der Waals surface area (Å²) in [5.41, 5.74) is -1.46. The third-order valence-electron chi connectivity index (χ3n) is 8.67. The Morgan fingerprint density at radius 2 is 1.50 bits per heavy atom. The molecule has 0 saturated carbocycles. The zero-order valence-corrected chi connectivity index (χ0v) is 27.7. The summed E-state index contributed by atoms with van der Waals surface area (Å²) in [4.78, 5) is 71.3. The average molecular weight is 631 g/mol. The van der Waals surface area contributed by atoms with Crippen LogP contribution in [-0.4, -0.2) is 58.6 Å². The number of aromatic nitrogens is 1. The lowest BCUT2D eigenvalue weighted by Gasteiger charge is -2.38. The van der Waals surface area contributed by atoms with Crippen LogP contribution in [0.1, 0.15) is 94.9 Å². The topological polar surface area (TPSA) is 121 Å². The molecular formula is C36H42N2O8. The predicted molar refractivity (Wildman–Crippen MR) is 172 cm³/mol. The Morgan fingerprint density at radius 1 is 0.891 bits per heavy atom. The molecule has 1 amide bonds. The number of Topliss-reactive ketones (excluding diaryl/α,β-unsaturated/α-hetero) is 1. The number of carbonyl (C=O) groups is 5. The molecule has 1 aromatic heterocycles. The van der Waals surface area contributed by atoms with E-state index in [0.29, 0.717) is 46.1 Å². The van der Waals surface area contributed by atoms with Crippen LogP contribution in [0.25, 0.3) is 10.9 Å². The van der Waals surface area contributed by atoms with Crippen molar-refractivity contribution in [2.24, 2.45) is 0 Å². The van der Waals surface area contributed by atoms with E-state index in [1.807, 2.05) is 6.07 Å². The molecule has 46 heavy (non-hydrogen) atoms. The molecule has 0 spiro atoms. The number of anilines is 1. The number of amides is 1. The van der Waals surface area contributed by atoms with Crippen LogP contribution in [0.2, 0.25) is 0 Å². The van der Waals surface area contributed by atoms with Crippen LogP contribution in [0.4, 0.5) is 10.5 Å². The van der Waals surface area contributed by atoms with Gasteiger partial charge in [0.25, 0.3) is 0 Å². The number of fused-ring (bicyclic) bond motifs is 4. The SMILES string of the molecule is CCOC(=O)C(Cc1ccccc1)(C(=O)OCC)N1C(=O)C(C)(C)c2cc3c(cc21)c1c(n3C(=O)OC(C)(C)C)C(=O)CCCC1. The van der Waals surface area contributed by atoms with Gasteiger partial charge in [0.15, 0.2) is 5.78 Å². The molecule has 0 fully saturated rings. The summed E-state index contributed by atoms with van der Waals surface area (Å²) in [6, 6.07) is 12.4. The van der Waals surface area contributed by atoms with Crippen LogP contribution in [0.15, 0.2) is 42.5 Å². The first-order valence-electron chi connectivity index (χ1n) is 15.9. The number of carbonyl (C=O) groups excluding carboxylic acids is 5. The fraction of sp³-hybridized carbons (Fsp3) is 0.472. The van der Waals surface area contributed by atoms with Crippen LogP contribution in [0, 0.1) is 0 Å². The first-order chi connectivity index (χ1) is 21.7. The van der Waals surface area contributed by atoms with E-state index in [1.54, 1.807) is 84.9 Å². The number of hydrogen-bond acceptors (Lipinski definition) is 8. The van der Waals surface area contributed by atoms with Gasteiger partial charge in [-0.15, -0.1) is 0 Å². The van der Waals surface area contributed by atoms with Crippen LogP contribution in [0.5, 0.6) is 0 Å². The normalized spacial score (nSPS) is 16.1. The minimum atomic E-state index is -2.19. The van der Waals surface area contributed by atoms with E-state index in [-0.39, 0.29) is 37.5 Å². The molecule has 0 atom stereocenters. The van der Waals surface area contributed by atoms with Crippen LogP contribution >= 0.6 is 0 Å². The first-order valence-corrected chi connectivity index (χ1v) is 15.9. The van der Waals surface area contributed by atoms with Gasteiger partial charge in [0, 0.05) is 18.2 Å². The Labute approximate surface area is 269 Å². The number of hydrogen-bond donors (Lipinski definition) is 0. The van der Waals surface area contributed by atoms with Crippen LogP contribution in [0.3, 0.4) is 0 Å². The highest BCUT2D eigenvalue weighted by atomic mass is 16.6. The van der Waals surface area contributed by atoms with Crippen molar-refractivity contribution in [3.8, 4) is 0 Å². The second kappa shape index (κ2) is 12.0. The van der Waals surface area contributed by atoms with Crippen LogP contribution in [-0.2, 0) is 46.9 Å². The molecular weight excluding hydrogens is 588 g/mol. The van der Waals surface area contributed by atoms with Crippen molar-refractivity contribution in [1.82, 2.24) is 4.57 Å². The summed E-state index contributed by atoms with van der Waals surface area (Å²) in [6.45, 7) is 11.9. The van der Waals surface area contributed by atoms with Gasteiger partial charge in [-0.2, -0.15) is 0 Å². The van der Waals surface area contributed by atoms with Gasteiger partial charge in [-0.3, -0.25) is 14.5 Å². The van der Waals surface area contributed by atoms with Gasteiger partial charge in [0.05, 0.1) is 35.5 Å². The number of aryl methyl sites for hydroxylation is 1. The van der Waals surface area contributed by atoms with Gasteiger partial charge in [-0.25, -0.2) is 19.0 Å². The average Bonchev–Trinajstić information content (AvgIpc) is 3.31. The highest BCUT2D eigenvalue weighted by Crippen LogP contribution is 2.49. The fourth-order valence-electron chi connectivity index (χ4n) is 6.59. The van der Waals surface area contributed by atoms with E-state index < -0.39 is 40.5 Å². The van der Waals surface area contributed by atoms with E-state index in [9.17, 15) is 24.0 Å². The van der Waals surface area contributed by atoms with Crippen molar-refractivity contribution in [2.75, 3.05) is 18.1 Å². The van der Waals surface area contributed by atoms with Crippen molar-refractivity contribution in [3.63, 3.8) is 0 Å². The molecule has 0 saturated heterocycles. The molecule has 2 heterocycles. The summed E-state index contributed by atoms with van der Waals surface area (Å²) in [6.07, 6.45) is 1.31. The van der Waals surface area contributed by atoms with Crippen LogP contribution < -0.4 is 4.90 Å². The van der Waals surface area contributed by atoms with Gasteiger partial charge in [0.1, 0.15) is 5.60 Å². The maximum Gasteiger partial charge on any atom is 0.419 e. The minimum absolute atomic E-state index is 0.0273. The largest absolute Gasteiger partial charge is 0.464 e. The predicted octanol–water partition coefficient (Wildman–Crippen LogP) is 6.07. The lowest BCUT2D eigenvalue weighted by atomic mass is 9.85. The van der Waals surface area contributed by atoms with Crippen molar-refractivity contribution in [2.45, 2.75) is 97.1 Å². The number of esters is 2. The van der Waals surface area contributed by atoms with Crippen molar-refractivity contribution < 1.29 is 38.2 Å². The fourth-order valence-corrected chi connectivity index (χ4v) is 6.59. The summed E-state index contributed by atoms with van der Waals surface area (Å²) in [5.74, 6) is -2.49. The number of rotatable bonds is 7. The van der Waals surface area contributed by atoms with E-state index in [0.717, 1.165) is 6.42 Å². The maximum absolute atomic E-state index is 14.6. The van der Waals surface area contributed by atoms with Gasteiger partial charge in [-0.05, 0) is 96.6 Å². The Balaban J connectivity index is 1.85. The molecule has 1 aliphatic heterocycles. The standard InChI is InChI=1S/C36H42N2O8/c1-8-44-31(41)36(32(42)45-9-2,21-22-15-11-10-12-16-22)38-27-19-24-23-17-13-14-18-28(39)29(23)37(33(43)46-34(3,4)5)26(24)20-25(27)35(6,7)30(38)40/h10-12,15-16,19-20H,8-9,13-14,17-18,21H2,1-7H3. The molecule has 0 N–H and O–H groups in total. The van der Waals surface area contributed by atoms with E-state index in [2.05, 4.69) is 0 Å². The number of benzene rings is 2. The Hall–Kier alpha value is -4.47. The van der Waals surface area contributed by atoms with Crippen molar-refractivity contribution in [1.29, 1.82) is 0 Å². The van der Waals surface area contributed by atoms with Crippen molar-refractivity contribution in [3.05, 3.63) is 64.8 Å². The van der Waals surface area contributed by atoms with E-state index in [4.69, 9.17) is 14.2 Å². The zero-order chi connectivity index (χ0) is 33.6. The molecule has 244 valence electrons. The van der Waals surface area contributed by atoms with Gasteiger partial charge in [0.2, 0.25) is 11.4 Å². The highest BCUT2D eigenvalue weighted by molar-refractivity contribution is 6.22. The lowest BCUT2D eigenvalue weighted by Crippen LogP contribution is -2.65. The number of ether oxygens (including phenoxy) is 3. The molecule has 2 aliphatic rings. The molecule has 2 aromatic carbocycles. The molecule has 0 unspecified atom stereocenters. The number of ketones is 1. The van der Waals surface area contributed by atoms with Crippen molar-refractivity contribution >= 4 is 46.3 Å². The Morgan fingerprint density at radius 3 is 2.09 bits per heavy atom. The Kier molecular flexibility index (Phi) is 8.61. The molecule has 1 aliphatic carbocycles. The smallest absolute Gasteiger partial charge is 0.419 e. The Bertz CT molecular complexity index is 1710. The van der Waals surface area contributed by atoms with Gasteiger partial charge < -0.3 is 14.2 Å². The second-order valence-corrected chi connectivity index (χ2v) is 13.4. The monoisotopic (exact) mass is 630 g/mol. The third-order valence-corrected chi connectivity index (χ3v) is 8.67. The summed E-state index contributed by atoms with van der Waals surface area (Å²) < 4.78 is 18.2. The second-order valence-electron chi connectivity index (χ2n) is 13.4. The summed E-state index contributed by atoms with van der Waals surface area (Å²) in [5, 5.41) is 0.576. The highest BCUT2D eigenvalue weighted by Gasteiger charge is 2.62. The summed E-state index contributed by atoms with van der Waals surface area (Å²) >= 11 is 0. The number of nitrogens with zero attached hydrogens (tertiary/aromatic N) is 2. The molecule has 0 radical (unpaired) electrons. The third kappa shape index (κ3) is 5.37. The van der Waals surface area contributed by atoms with E-state index >= 15 is 0 Å². The molecule has 3 aromatic rings. The van der Waals surface area contributed by atoms with E-state index in [1.165, 1.54) is 9.47 Å². The lowest BCUT2D eigenvalue weighted by molar-refractivity contribution is -0.165. The van der Waals surface area contributed by atoms with Gasteiger partial charge >= 0.3 is 18.0 Å². The molecule has 5 rings (SSSR count). The molecule has 0 bridgehead atoms. The first kappa shape index (κ1) is 32.9. The quantitative estimate of drug-likeness (QED) is 0.134. The minimum Gasteiger partial charge on any atom is -0.464 e. The zero-order valence-electron chi connectivity index (χ0n) is 27.7. The molecule has 10 nitrogen and oxygen atoms in total. The molecule has 10 heteroatoms. The summed E-state index contributed by atoms with van der Waals surface area (Å²) in [7, 11) is 0. The van der Waals surface area contributed by atoms with Gasteiger partial charge in [-0.1, -0.05) is 30.3 Å².